The number of likely N-dealkylation sites (N-methyl/N-ethyl adjacent to an activating group) is 1. The van der Waals surface area contributed by atoms with Crippen LogP contribution in [0.4, 0.5) is 0 Å². The number of hydrogen-bond acceptors (Lipinski definition) is 4. The third-order valence-corrected chi connectivity index (χ3v) is 3.53. The maximum atomic E-state index is 12.1. The van der Waals surface area contributed by atoms with Crippen LogP contribution in [-0.2, 0) is 0 Å². The van der Waals surface area contributed by atoms with Crippen molar-refractivity contribution < 1.29 is 9.21 Å². The third kappa shape index (κ3) is 2.94. The summed E-state index contributed by atoms with van der Waals surface area (Å²) in [6.07, 6.45) is 0. The average Bonchev–Trinajstić information content (AvgIpc) is 2.87. The van der Waals surface area contributed by atoms with Crippen LogP contribution in [0.2, 0.25) is 0 Å². The first kappa shape index (κ1) is 14.5. The molecular formula is C17H19N3O2. The quantitative estimate of drug-likeness (QED) is 0.804. The van der Waals surface area contributed by atoms with Gasteiger partial charge in [-0.15, -0.1) is 0 Å². The number of nitrogens with one attached hydrogen (secondary N) is 1. The van der Waals surface area contributed by atoms with Crippen LogP contribution in [0, 0.1) is 6.92 Å². The van der Waals surface area contributed by atoms with Gasteiger partial charge in [-0.05, 0) is 44.8 Å². The molecule has 0 aliphatic heterocycles. The molecule has 1 amide bonds. The topological polar surface area (TPSA) is 58.4 Å². The summed E-state index contributed by atoms with van der Waals surface area (Å²) in [5.74, 6) is 0.0911. The second kappa shape index (κ2) is 5.77. The summed E-state index contributed by atoms with van der Waals surface area (Å²) < 4.78 is 5.60. The molecule has 0 atom stereocenters. The van der Waals surface area contributed by atoms with Gasteiger partial charge in [0.25, 0.3) is 5.91 Å². The number of furan rings is 1. The number of amides is 1. The molecule has 1 N–H and O–H groups in total. The van der Waals surface area contributed by atoms with Gasteiger partial charge in [-0.1, -0.05) is 12.1 Å². The SMILES string of the molecule is Cc1ccc2cc3cc(C(=O)NCCN(C)C)oc3nc2c1. The van der Waals surface area contributed by atoms with Gasteiger partial charge in [-0.25, -0.2) is 4.98 Å². The molecule has 2 heterocycles. The first-order valence-electron chi connectivity index (χ1n) is 7.27. The van der Waals surface area contributed by atoms with E-state index in [0.29, 0.717) is 18.0 Å². The van der Waals surface area contributed by atoms with Crippen molar-refractivity contribution in [3.63, 3.8) is 0 Å². The molecule has 0 spiro atoms. The summed E-state index contributed by atoms with van der Waals surface area (Å²) in [5, 5.41) is 4.72. The van der Waals surface area contributed by atoms with Gasteiger partial charge >= 0.3 is 0 Å². The Balaban J connectivity index is 1.88. The molecule has 1 aromatic carbocycles. The lowest BCUT2D eigenvalue weighted by Gasteiger charge is -2.09. The smallest absolute Gasteiger partial charge is 0.287 e. The molecule has 5 nitrogen and oxygen atoms in total. The van der Waals surface area contributed by atoms with Gasteiger partial charge in [0.2, 0.25) is 5.71 Å². The van der Waals surface area contributed by atoms with E-state index >= 15 is 0 Å². The van der Waals surface area contributed by atoms with E-state index in [1.165, 1.54) is 0 Å². The minimum absolute atomic E-state index is 0.208. The third-order valence-electron chi connectivity index (χ3n) is 3.53. The summed E-state index contributed by atoms with van der Waals surface area (Å²) in [4.78, 5) is 18.6. The summed E-state index contributed by atoms with van der Waals surface area (Å²) in [6.45, 7) is 3.39. The molecule has 0 bridgehead atoms. The maximum absolute atomic E-state index is 12.1. The van der Waals surface area contributed by atoms with Crippen LogP contribution in [0.15, 0.2) is 34.7 Å². The summed E-state index contributed by atoms with van der Waals surface area (Å²) >= 11 is 0. The molecule has 0 radical (unpaired) electrons. The summed E-state index contributed by atoms with van der Waals surface area (Å²) in [7, 11) is 3.93. The molecule has 3 rings (SSSR count). The molecule has 0 fully saturated rings. The van der Waals surface area contributed by atoms with Gasteiger partial charge in [-0.3, -0.25) is 4.79 Å². The fraction of sp³-hybridized carbons (Fsp3) is 0.294. The number of benzene rings is 1. The van der Waals surface area contributed by atoms with Crippen LogP contribution >= 0.6 is 0 Å². The first-order valence-corrected chi connectivity index (χ1v) is 7.27. The number of nitrogens with zero attached hydrogens (tertiary/aromatic N) is 2. The Kier molecular flexibility index (Phi) is 3.81. The minimum atomic E-state index is -0.208. The van der Waals surface area contributed by atoms with E-state index in [1.807, 2.05) is 50.2 Å². The molecule has 0 saturated carbocycles. The molecule has 0 unspecified atom stereocenters. The van der Waals surface area contributed by atoms with Crippen molar-refractivity contribution in [2.45, 2.75) is 6.92 Å². The van der Waals surface area contributed by atoms with Crippen molar-refractivity contribution in [2.75, 3.05) is 27.2 Å². The monoisotopic (exact) mass is 297 g/mol. The highest BCUT2D eigenvalue weighted by Crippen LogP contribution is 2.23. The molecular weight excluding hydrogens is 278 g/mol. The van der Waals surface area contributed by atoms with Crippen LogP contribution in [0.1, 0.15) is 16.1 Å². The van der Waals surface area contributed by atoms with Gasteiger partial charge in [0.05, 0.1) is 5.52 Å². The summed E-state index contributed by atoms with van der Waals surface area (Å²) in [6, 6.07) is 9.82. The van der Waals surface area contributed by atoms with Crippen LogP contribution < -0.4 is 5.32 Å². The van der Waals surface area contributed by atoms with Crippen LogP contribution in [0.5, 0.6) is 0 Å². The van der Waals surface area contributed by atoms with E-state index in [9.17, 15) is 4.79 Å². The average molecular weight is 297 g/mol. The minimum Gasteiger partial charge on any atom is -0.433 e. The van der Waals surface area contributed by atoms with E-state index in [2.05, 4.69) is 10.3 Å². The predicted molar refractivity (Wildman–Crippen MR) is 87.1 cm³/mol. The van der Waals surface area contributed by atoms with Crippen molar-refractivity contribution in [2.24, 2.45) is 0 Å². The standard InChI is InChI=1S/C17H19N3O2/c1-11-4-5-12-9-13-10-15(16(21)18-6-7-20(2)3)22-17(13)19-14(12)8-11/h4-5,8-10H,6-7H2,1-3H3,(H,18,21). The van der Waals surface area contributed by atoms with E-state index in [1.54, 1.807) is 6.07 Å². The predicted octanol–water partition coefficient (Wildman–Crippen LogP) is 2.58. The molecule has 114 valence electrons. The van der Waals surface area contributed by atoms with Crippen molar-refractivity contribution in [3.8, 4) is 0 Å². The Morgan fingerprint density at radius 1 is 1.23 bits per heavy atom. The fourth-order valence-corrected chi connectivity index (χ4v) is 2.33. The fourth-order valence-electron chi connectivity index (χ4n) is 2.33. The second-order valence-corrected chi connectivity index (χ2v) is 5.75. The van der Waals surface area contributed by atoms with Crippen LogP contribution in [0.3, 0.4) is 0 Å². The maximum Gasteiger partial charge on any atom is 0.287 e. The van der Waals surface area contributed by atoms with Crippen molar-refractivity contribution in [1.29, 1.82) is 0 Å². The van der Waals surface area contributed by atoms with Gasteiger partial charge in [0, 0.05) is 23.9 Å². The second-order valence-electron chi connectivity index (χ2n) is 5.75. The Bertz CT molecular complexity index is 836. The van der Waals surface area contributed by atoms with Gasteiger partial charge in [0.15, 0.2) is 5.76 Å². The zero-order valence-corrected chi connectivity index (χ0v) is 13.0. The number of pyridine rings is 1. The highest BCUT2D eigenvalue weighted by Gasteiger charge is 2.13. The highest BCUT2D eigenvalue weighted by atomic mass is 16.4. The number of hydrogen-bond donors (Lipinski definition) is 1. The zero-order valence-electron chi connectivity index (χ0n) is 13.0. The molecule has 3 aromatic rings. The number of carbonyl (C=O) groups is 1. The first-order chi connectivity index (χ1) is 10.5. The van der Waals surface area contributed by atoms with Crippen molar-refractivity contribution in [3.05, 3.63) is 41.7 Å². The lowest BCUT2D eigenvalue weighted by Crippen LogP contribution is -2.31. The highest BCUT2D eigenvalue weighted by molar-refractivity contribution is 5.98. The van der Waals surface area contributed by atoms with E-state index in [4.69, 9.17) is 4.42 Å². The normalized spacial score (nSPS) is 11.5. The molecule has 0 aliphatic carbocycles. The molecule has 0 aliphatic rings. The van der Waals surface area contributed by atoms with Gasteiger partial charge in [-0.2, -0.15) is 0 Å². The Hall–Kier alpha value is -2.40. The molecule has 0 saturated heterocycles. The lowest BCUT2D eigenvalue weighted by molar-refractivity contribution is 0.0925. The Morgan fingerprint density at radius 2 is 2.05 bits per heavy atom. The number of carbonyl (C=O) groups excluding carboxylic acids is 1. The Morgan fingerprint density at radius 3 is 2.82 bits per heavy atom. The van der Waals surface area contributed by atoms with Crippen molar-refractivity contribution in [1.82, 2.24) is 15.2 Å². The number of fused-ring (bicyclic) bond motifs is 2. The molecule has 5 heteroatoms. The van der Waals surface area contributed by atoms with Crippen LogP contribution in [-0.4, -0.2) is 43.0 Å². The molecule has 22 heavy (non-hydrogen) atoms. The summed E-state index contributed by atoms with van der Waals surface area (Å²) in [5.41, 5.74) is 2.52. The van der Waals surface area contributed by atoms with Gasteiger partial charge in [0.1, 0.15) is 0 Å². The Labute approximate surface area is 128 Å². The number of aryl methyl sites for hydroxylation is 1. The number of aromatic nitrogens is 1. The largest absolute Gasteiger partial charge is 0.433 e. The van der Waals surface area contributed by atoms with Crippen LogP contribution in [0.25, 0.3) is 22.0 Å². The number of rotatable bonds is 4. The zero-order chi connectivity index (χ0) is 15.7. The van der Waals surface area contributed by atoms with E-state index in [0.717, 1.165) is 28.4 Å². The van der Waals surface area contributed by atoms with Gasteiger partial charge < -0.3 is 14.6 Å². The lowest BCUT2D eigenvalue weighted by atomic mass is 10.1. The van der Waals surface area contributed by atoms with E-state index in [-0.39, 0.29) is 5.91 Å². The van der Waals surface area contributed by atoms with E-state index < -0.39 is 0 Å². The van der Waals surface area contributed by atoms with Crippen molar-refractivity contribution >= 4 is 27.9 Å². The molecule has 2 aromatic heterocycles.